The van der Waals surface area contributed by atoms with Gasteiger partial charge in [-0.1, -0.05) is 28.1 Å². The molecule has 0 aromatic heterocycles. The first-order valence-electron chi connectivity index (χ1n) is 5.62. The van der Waals surface area contributed by atoms with Gasteiger partial charge in [-0.15, -0.1) is 0 Å². The molecule has 1 amide bonds. The third-order valence-corrected chi connectivity index (χ3v) is 3.18. The van der Waals surface area contributed by atoms with E-state index in [4.69, 9.17) is 4.74 Å². The van der Waals surface area contributed by atoms with Crippen molar-refractivity contribution >= 4 is 22.0 Å². The molecule has 1 aliphatic rings. The summed E-state index contributed by atoms with van der Waals surface area (Å²) in [6.07, 6.45) is -0.227. The average Bonchev–Trinajstić information content (AvgIpc) is 2.39. The van der Waals surface area contributed by atoms with E-state index < -0.39 is 0 Å². The number of hydrogen-bond donors (Lipinski definition) is 1. The number of halogens is 1. The van der Waals surface area contributed by atoms with E-state index in [0.717, 1.165) is 36.2 Å². The Kier molecular flexibility index (Phi) is 4.39. The zero-order chi connectivity index (χ0) is 12.1. The maximum absolute atomic E-state index is 11.7. The SMILES string of the molecule is O=C(OCc1ccc(Br)cc1)N1CCNCC1. The minimum Gasteiger partial charge on any atom is -0.445 e. The molecule has 5 heteroatoms. The van der Waals surface area contributed by atoms with E-state index in [2.05, 4.69) is 21.2 Å². The van der Waals surface area contributed by atoms with Crippen molar-refractivity contribution in [3.8, 4) is 0 Å². The molecule has 17 heavy (non-hydrogen) atoms. The second-order valence-corrected chi connectivity index (χ2v) is 4.83. The molecule has 0 aliphatic carbocycles. The molecule has 2 rings (SSSR count). The molecule has 0 spiro atoms. The molecular weight excluding hydrogens is 284 g/mol. The summed E-state index contributed by atoms with van der Waals surface area (Å²) in [7, 11) is 0. The Hall–Kier alpha value is -1.07. The molecule has 0 radical (unpaired) electrons. The summed E-state index contributed by atoms with van der Waals surface area (Å²) in [5, 5.41) is 3.19. The van der Waals surface area contributed by atoms with Gasteiger partial charge >= 0.3 is 6.09 Å². The van der Waals surface area contributed by atoms with Gasteiger partial charge in [0.05, 0.1) is 0 Å². The van der Waals surface area contributed by atoms with Crippen LogP contribution in [0.25, 0.3) is 0 Å². The van der Waals surface area contributed by atoms with Gasteiger partial charge in [-0.05, 0) is 17.7 Å². The number of carbonyl (C=O) groups excluding carboxylic acids is 1. The quantitative estimate of drug-likeness (QED) is 0.908. The highest BCUT2D eigenvalue weighted by atomic mass is 79.9. The van der Waals surface area contributed by atoms with Gasteiger partial charge in [-0.2, -0.15) is 0 Å². The van der Waals surface area contributed by atoms with Gasteiger partial charge in [0.2, 0.25) is 0 Å². The Morgan fingerprint density at radius 2 is 1.94 bits per heavy atom. The maximum Gasteiger partial charge on any atom is 0.410 e. The van der Waals surface area contributed by atoms with Crippen LogP contribution in [0.4, 0.5) is 4.79 Å². The van der Waals surface area contributed by atoms with Crippen molar-refractivity contribution in [1.29, 1.82) is 0 Å². The van der Waals surface area contributed by atoms with Gasteiger partial charge in [0, 0.05) is 30.7 Å². The van der Waals surface area contributed by atoms with Crippen LogP contribution in [0.5, 0.6) is 0 Å². The fraction of sp³-hybridized carbons (Fsp3) is 0.417. The molecular formula is C12H15BrN2O2. The van der Waals surface area contributed by atoms with Crippen LogP contribution in [-0.2, 0) is 11.3 Å². The molecule has 92 valence electrons. The monoisotopic (exact) mass is 298 g/mol. The van der Waals surface area contributed by atoms with Crippen molar-refractivity contribution < 1.29 is 9.53 Å². The number of benzene rings is 1. The van der Waals surface area contributed by atoms with Crippen LogP contribution in [0.2, 0.25) is 0 Å². The van der Waals surface area contributed by atoms with E-state index in [9.17, 15) is 4.79 Å². The summed E-state index contributed by atoms with van der Waals surface area (Å²) in [5.74, 6) is 0. The zero-order valence-electron chi connectivity index (χ0n) is 9.49. The predicted octanol–water partition coefficient (Wildman–Crippen LogP) is 1.99. The summed E-state index contributed by atoms with van der Waals surface area (Å²) in [6.45, 7) is 3.45. The van der Waals surface area contributed by atoms with Crippen LogP contribution < -0.4 is 5.32 Å². The van der Waals surface area contributed by atoms with Crippen LogP contribution in [0, 0.1) is 0 Å². The lowest BCUT2D eigenvalue weighted by molar-refractivity contribution is 0.0918. The van der Waals surface area contributed by atoms with Crippen LogP contribution in [0.15, 0.2) is 28.7 Å². The summed E-state index contributed by atoms with van der Waals surface area (Å²) < 4.78 is 6.27. The standard InChI is InChI=1S/C12H15BrN2O2/c13-11-3-1-10(2-4-11)9-17-12(16)15-7-5-14-6-8-15/h1-4,14H,5-9H2. The van der Waals surface area contributed by atoms with Crippen LogP contribution in [-0.4, -0.2) is 37.2 Å². The van der Waals surface area contributed by atoms with E-state index in [-0.39, 0.29) is 6.09 Å². The second-order valence-electron chi connectivity index (χ2n) is 3.92. The largest absolute Gasteiger partial charge is 0.445 e. The summed E-state index contributed by atoms with van der Waals surface area (Å²) >= 11 is 3.37. The first-order valence-corrected chi connectivity index (χ1v) is 6.42. The van der Waals surface area contributed by atoms with Gasteiger partial charge < -0.3 is 15.0 Å². The highest BCUT2D eigenvalue weighted by Gasteiger charge is 2.16. The zero-order valence-corrected chi connectivity index (χ0v) is 11.1. The molecule has 1 heterocycles. The van der Waals surface area contributed by atoms with Gasteiger partial charge in [0.1, 0.15) is 6.61 Å². The van der Waals surface area contributed by atoms with Crippen LogP contribution in [0.3, 0.4) is 0 Å². The lowest BCUT2D eigenvalue weighted by Crippen LogP contribution is -2.46. The van der Waals surface area contributed by atoms with Crippen molar-refractivity contribution in [3.05, 3.63) is 34.3 Å². The molecule has 0 saturated carbocycles. The average molecular weight is 299 g/mol. The minimum atomic E-state index is -0.227. The Bertz CT molecular complexity index is 375. The number of rotatable bonds is 2. The van der Waals surface area contributed by atoms with Crippen molar-refractivity contribution in [3.63, 3.8) is 0 Å². The molecule has 0 bridgehead atoms. The normalized spacial score (nSPS) is 15.7. The smallest absolute Gasteiger partial charge is 0.410 e. The maximum atomic E-state index is 11.7. The Morgan fingerprint density at radius 3 is 2.59 bits per heavy atom. The Balaban J connectivity index is 1.81. The molecule has 1 saturated heterocycles. The molecule has 0 unspecified atom stereocenters. The van der Waals surface area contributed by atoms with Gasteiger partial charge in [0.15, 0.2) is 0 Å². The molecule has 1 aromatic carbocycles. The summed E-state index contributed by atoms with van der Waals surface area (Å²) in [6, 6.07) is 7.76. The van der Waals surface area contributed by atoms with Crippen molar-refractivity contribution in [1.82, 2.24) is 10.2 Å². The minimum absolute atomic E-state index is 0.227. The number of nitrogens with one attached hydrogen (secondary N) is 1. The fourth-order valence-electron chi connectivity index (χ4n) is 1.66. The van der Waals surface area contributed by atoms with Gasteiger partial charge in [-0.3, -0.25) is 0 Å². The molecule has 1 aliphatic heterocycles. The fourth-order valence-corrected chi connectivity index (χ4v) is 1.93. The molecule has 1 fully saturated rings. The van der Waals surface area contributed by atoms with E-state index in [1.807, 2.05) is 24.3 Å². The van der Waals surface area contributed by atoms with Crippen molar-refractivity contribution in [2.24, 2.45) is 0 Å². The van der Waals surface area contributed by atoms with E-state index in [1.165, 1.54) is 0 Å². The molecule has 0 atom stereocenters. The molecule has 1 aromatic rings. The first-order chi connectivity index (χ1) is 8.25. The van der Waals surface area contributed by atoms with Crippen molar-refractivity contribution in [2.75, 3.05) is 26.2 Å². The molecule has 1 N–H and O–H groups in total. The Morgan fingerprint density at radius 1 is 1.29 bits per heavy atom. The molecule has 4 nitrogen and oxygen atoms in total. The highest BCUT2D eigenvalue weighted by molar-refractivity contribution is 9.10. The number of carbonyl (C=O) groups is 1. The van der Waals surface area contributed by atoms with Gasteiger partial charge in [-0.25, -0.2) is 4.79 Å². The number of nitrogens with zero attached hydrogens (tertiary/aromatic N) is 1. The lowest BCUT2D eigenvalue weighted by atomic mass is 10.2. The number of amides is 1. The first kappa shape index (κ1) is 12.4. The van der Waals surface area contributed by atoms with Crippen LogP contribution in [0.1, 0.15) is 5.56 Å². The van der Waals surface area contributed by atoms with E-state index >= 15 is 0 Å². The van der Waals surface area contributed by atoms with Crippen molar-refractivity contribution in [2.45, 2.75) is 6.61 Å². The van der Waals surface area contributed by atoms with Gasteiger partial charge in [0.25, 0.3) is 0 Å². The lowest BCUT2D eigenvalue weighted by Gasteiger charge is -2.26. The number of hydrogen-bond acceptors (Lipinski definition) is 3. The summed E-state index contributed by atoms with van der Waals surface area (Å²) in [5.41, 5.74) is 0.997. The highest BCUT2D eigenvalue weighted by Crippen LogP contribution is 2.11. The third kappa shape index (κ3) is 3.71. The second kappa shape index (κ2) is 6.02. The van der Waals surface area contributed by atoms with Crippen LogP contribution >= 0.6 is 15.9 Å². The number of piperazine rings is 1. The van der Waals surface area contributed by atoms with E-state index in [0.29, 0.717) is 6.61 Å². The number of ether oxygens (including phenoxy) is 1. The predicted molar refractivity (Wildman–Crippen MR) is 68.8 cm³/mol. The summed E-state index contributed by atoms with van der Waals surface area (Å²) in [4.78, 5) is 13.4. The topological polar surface area (TPSA) is 41.6 Å². The third-order valence-electron chi connectivity index (χ3n) is 2.65. The van der Waals surface area contributed by atoms with E-state index in [1.54, 1.807) is 4.90 Å². The Labute approximate surface area is 109 Å².